The van der Waals surface area contributed by atoms with E-state index in [-0.39, 0.29) is 17.0 Å². The van der Waals surface area contributed by atoms with Crippen LogP contribution in [0.5, 0.6) is 11.6 Å². The topological polar surface area (TPSA) is 116 Å². The zero-order chi connectivity index (χ0) is 20.6. The number of benzene rings is 1. The normalized spacial score (nSPS) is 14.2. The van der Waals surface area contributed by atoms with Crippen LogP contribution in [0.3, 0.4) is 0 Å². The van der Waals surface area contributed by atoms with Crippen molar-refractivity contribution in [3.8, 4) is 11.6 Å². The van der Waals surface area contributed by atoms with Crippen LogP contribution in [0.4, 0.5) is 11.4 Å². The summed E-state index contributed by atoms with van der Waals surface area (Å²) >= 11 is 0. The van der Waals surface area contributed by atoms with E-state index in [1.165, 1.54) is 31.5 Å². The number of carbonyl (C=O) groups is 1. The van der Waals surface area contributed by atoms with Gasteiger partial charge in [0.25, 0.3) is 5.91 Å². The summed E-state index contributed by atoms with van der Waals surface area (Å²) in [6.07, 6.45) is 1.49. The number of nitro benzene ring substituents is 1. The number of nitrogens with zero attached hydrogens (tertiary/aromatic N) is 3. The number of anilines is 1. The highest BCUT2D eigenvalue weighted by Crippen LogP contribution is 2.27. The van der Waals surface area contributed by atoms with Crippen molar-refractivity contribution in [1.82, 2.24) is 9.88 Å². The van der Waals surface area contributed by atoms with E-state index in [1.807, 2.05) is 0 Å². The average Bonchev–Trinajstić information content (AvgIpc) is 2.75. The number of hydrogen-bond acceptors (Lipinski definition) is 8. The molecule has 2 aromatic rings. The Morgan fingerprint density at radius 3 is 2.76 bits per heavy atom. The number of hydrogen-bond donors (Lipinski definition) is 1. The first kappa shape index (κ1) is 20.5. The van der Waals surface area contributed by atoms with Crippen molar-refractivity contribution < 1.29 is 23.9 Å². The van der Waals surface area contributed by atoms with Crippen LogP contribution in [0.25, 0.3) is 0 Å². The quantitative estimate of drug-likeness (QED) is 0.526. The summed E-state index contributed by atoms with van der Waals surface area (Å²) in [5.74, 6) is 0.0547. The fourth-order valence-corrected chi connectivity index (χ4v) is 2.82. The Kier molecular flexibility index (Phi) is 6.93. The molecule has 0 radical (unpaired) electrons. The zero-order valence-corrected chi connectivity index (χ0v) is 16.0. The third-order valence-corrected chi connectivity index (χ3v) is 4.39. The second-order valence-corrected chi connectivity index (χ2v) is 6.29. The van der Waals surface area contributed by atoms with Gasteiger partial charge in [-0.1, -0.05) is 0 Å². The largest absolute Gasteiger partial charge is 0.490 e. The molecule has 154 valence electrons. The summed E-state index contributed by atoms with van der Waals surface area (Å²) in [6, 6.07) is 7.27. The van der Waals surface area contributed by atoms with E-state index in [9.17, 15) is 14.9 Å². The Hall–Kier alpha value is -3.24. The maximum atomic E-state index is 12.4. The van der Waals surface area contributed by atoms with Gasteiger partial charge in [0.05, 0.1) is 37.1 Å². The van der Waals surface area contributed by atoms with Crippen LogP contribution in [-0.4, -0.2) is 67.3 Å². The molecular formula is C19H22N4O6. The summed E-state index contributed by atoms with van der Waals surface area (Å²) in [6.45, 7) is 4.59. The summed E-state index contributed by atoms with van der Waals surface area (Å²) in [4.78, 5) is 29.2. The number of morpholine rings is 1. The van der Waals surface area contributed by atoms with E-state index in [0.29, 0.717) is 18.2 Å². The number of pyridine rings is 1. The van der Waals surface area contributed by atoms with Gasteiger partial charge in [-0.3, -0.25) is 19.8 Å². The minimum absolute atomic E-state index is 0.0183. The monoisotopic (exact) mass is 402 g/mol. The molecule has 0 saturated carbocycles. The molecule has 0 unspecified atom stereocenters. The van der Waals surface area contributed by atoms with Crippen LogP contribution >= 0.6 is 0 Å². The molecule has 0 aliphatic carbocycles. The van der Waals surface area contributed by atoms with Crippen molar-refractivity contribution in [2.75, 3.05) is 51.9 Å². The molecule has 29 heavy (non-hydrogen) atoms. The Balaban J connectivity index is 1.53. The summed E-state index contributed by atoms with van der Waals surface area (Å²) in [5.41, 5.74) is 0.510. The van der Waals surface area contributed by atoms with Gasteiger partial charge in [0.1, 0.15) is 6.61 Å². The molecule has 3 rings (SSSR count). The number of rotatable bonds is 8. The second-order valence-electron chi connectivity index (χ2n) is 6.29. The average molecular weight is 402 g/mol. The maximum absolute atomic E-state index is 12.4. The molecule has 10 heteroatoms. The molecule has 0 bridgehead atoms. The number of methoxy groups -OCH3 is 1. The van der Waals surface area contributed by atoms with Crippen LogP contribution in [0.1, 0.15) is 10.4 Å². The molecule has 0 spiro atoms. The Morgan fingerprint density at radius 2 is 2.10 bits per heavy atom. The van der Waals surface area contributed by atoms with Crippen molar-refractivity contribution in [2.24, 2.45) is 0 Å². The summed E-state index contributed by atoms with van der Waals surface area (Å²) in [7, 11) is 1.31. The lowest BCUT2D eigenvalue weighted by molar-refractivity contribution is -0.385. The minimum atomic E-state index is -0.567. The van der Waals surface area contributed by atoms with E-state index < -0.39 is 10.8 Å². The zero-order valence-electron chi connectivity index (χ0n) is 16.0. The van der Waals surface area contributed by atoms with Gasteiger partial charge in [0.2, 0.25) is 5.88 Å². The van der Waals surface area contributed by atoms with Gasteiger partial charge < -0.3 is 19.5 Å². The van der Waals surface area contributed by atoms with Gasteiger partial charge in [-0.05, 0) is 12.1 Å². The molecule has 1 aliphatic rings. The van der Waals surface area contributed by atoms with Gasteiger partial charge in [0.15, 0.2) is 5.75 Å². The standard InChI is InChI=1S/C19H22N4O6/c1-27-17-12-14(2-4-16(17)23(25)26)19(24)21-15-3-5-18(20-13-15)29-11-8-22-6-9-28-10-7-22/h2-5,12-13H,6-11H2,1H3,(H,21,24). The third kappa shape index (κ3) is 5.62. The van der Waals surface area contributed by atoms with E-state index >= 15 is 0 Å². The minimum Gasteiger partial charge on any atom is -0.490 e. The first-order chi connectivity index (χ1) is 14.1. The lowest BCUT2D eigenvalue weighted by Crippen LogP contribution is -2.38. The van der Waals surface area contributed by atoms with Crippen molar-refractivity contribution in [2.45, 2.75) is 0 Å². The molecule has 0 atom stereocenters. The summed E-state index contributed by atoms with van der Waals surface area (Å²) in [5, 5.41) is 13.6. The number of nitrogens with one attached hydrogen (secondary N) is 1. The number of nitro groups is 1. The van der Waals surface area contributed by atoms with E-state index in [4.69, 9.17) is 14.2 Å². The number of carbonyl (C=O) groups excluding carboxylic acids is 1. The van der Waals surface area contributed by atoms with Gasteiger partial charge in [-0.2, -0.15) is 0 Å². The SMILES string of the molecule is COc1cc(C(=O)Nc2ccc(OCCN3CCOCC3)nc2)ccc1[N+](=O)[O-]. The summed E-state index contributed by atoms with van der Waals surface area (Å²) < 4.78 is 15.9. The number of ether oxygens (including phenoxy) is 3. The Bertz CT molecular complexity index is 852. The molecule has 2 heterocycles. The van der Waals surface area contributed by atoms with Crippen LogP contribution in [0, 0.1) is 10.1 Å². The Labute approximate surface area is 167 Å². The highest BCUT2D eigenvalue weighted by molar-refractivity contribution is 6.04. The van der Waals surface area contributed by atoms with Crippen molar-refractivity contribution in [1.29, 1.82) is 0 Å². The lowest BCUT2D eigenvalue weighted by atomic mass is 10.1. The molecule has 1 amide bonds. The van der Waals surface area contributed by atoms with Gasteiger partial charge in [-0.15, -0.1) is 0 Å². The molecule has 1 N–H and O–H groups in total. The second kappa shape index (κ2) is 9.80. The molecular weight excluding hydrogens is 380 g/mol. The molecule has 1 aromatic heterocycles. The van der Waals surface area contributed by atoms with Gasteiger partial charge >= 0.3 is 5.69 Å². The molecule has 1 aliphatic heterocycles. The van der Waals surface area contributed by atoms with Crippen LogP contribution < -0.4 is 14.8 Å². The first-order valence-electron chi connectivity index (χ1n) is 9.09. The first-order valence-corrected chi connectivity index (χ1v) is 9.09. The molecule has 1 saturated heterocycles. The van der Waals surface area contributed by atoms with Crippen molar-refractivity contribution >= 4 is 17.3 Å². The lowest BCUT2D eigenvalue weighted by Gasteiger charge is -2.26. The van der Waals surface area contributed by atoms with Crippen molar-refractivity contribution in [3.63, 3.8) is 0 Å². The van der Waals surface area contributed by atoms with Gasteiger partial charge in [0, 0.05) is 43.4 Å². The van der Waals surface area contributed by atoms with E-state index in [2.05, 4.69) is 15.2 Å². The van der Waals surface area contributed by atoms with Crippen LogP contribution in [0.15, 0.2) is 36.5 Å². The predicted molar refractivity (Wildman–Crippen MR) is 105 cm³/mol. The Morgan fingerprint density at radius 1 is 1.31 bits per heavy atom. The van der Waals surface area contributed by atoms with E-state index in [0.717, 1.165) is 32.8 Å². The molecule has 1 aromatic carbocycles. The number of aromatic nitrogens is 1. The third-order valence-electron chi connectivity index (χ3n) is 4.39. The highest BCUT2D eigenvalue weighted by Gasteiger charge is 2.17. The fourth-order valence-electron chi connectivity index (χ4n) is 2.82. The maximum Gasteiger partial charge on any atom is 0.310 e. The van der Waals surface area contributed by atoms with Crippen molar-refractivity contribution in [3.05, 3.63) is 52.2 Å². The van der Waals surface area contributed by atoms with E-state index in [1.54, 1.807) is 12.1 Å². The fraction of sp³-hybridized carbons (Fsp3) is 0.368. The van der Waals surface area contributed by atoms with Crippen LogP contribution in [-0.2, 0) is 4.74 Å². The molecule has 1 fully saturated rings. The number of amides is 1. The molecule has 10 nitrogen and oxygen atoms in total. The smallest absolute Gasteiger partial charge is 0.310 e. The predicted octanol–water partition coefficient (Wildman–Crippen LogP) is 1.96. The van der Waals surface area contributed by atoms with Gasteiger partial charge in [-0.25, -0.2) is 4.98 Å². The highest BCUT2D eigenvalue weighted by atomic mass is 16.6. The van der Waals surface area contributed by atoms with Crippen LogP contribution in [0.2, 0.25) is 0 Å².